The molecule has 2 aromatic carbocycles. The molecule has 2 saturated heterocycles. The molecule has 260 valence electrons. The minimum atomic E-state index is -4.02. The maximum atomic E-state index is 13.6. The molecule has 0 bridgehead atoms. The molecule has 0 unspecified atom stereocenters. The Balaban J connectivity index is 0.000000370. The first-order valence-corrected chi connectivity index (χ1v) is 17.1. The number of amides is 2. The minimum Gasteiger partial charge on any atom is -0.412 e. The number of anilines is 1. The van der Waals surface area contributed by atoms with Gasteiger partial charge in [-0.15, -0.1) is 0 Å². The van der Waals surface area contributed by atoms with E-state index in [0.29, 0.717) is 30.3 Å². The van der Waals surface area contributed by atoms with Crippen LogP contribution in [0.2, 0.25) is 5.02 Å². The first-order valence-electron chi connectivity index (χ1n) is 15.3. The summed E-state index contributed by atoms with van der Waals surface area (Å²) < 4.78 is 41.3. The number of fused-ring (bicyclic) bond motifs is 3. The van der Waals surface area contributed by atoms with Gasteiger partial charge in [0.15, 0.2) is 0 Å². The fourth-order valence-corrected chi connectivity index (χ4v) is 6.66. The molecule has 4 heterocycles. The van der Waals surface area contributed by atoms with E-state index >= 15 is 0 Å². The average molecular weight is 704 g/mol. The zero-order valence-corrected chi connectivity index (χ0v) is 29.1. The van der Waals surface area contributed by atoms with Crippen molar-refractivity contribution < 1.29 is 37.5 Å². The zero-order valence-electron chi connectivity index (χ0n) is 27.5. The number of aryl methyl sites for hydroxylation is 1. The summed E-state index contributed by atoms with van der Waals surface area (Å²) in [6.45, 7) is 11.6. The Morgan fingerprint density at radius 1 is 1.10 bits per heavy atom. The molecule has 0 radical (unpaired) electrons. The predicted octanol–water partition coefficient (Wildman–Crippen LogP) is 3.84. The van der Waals surface area contributed by atoms with Crippen molar-refractivity contribution in [2.45, 2.75) is 63.4 Å². The van der Waals surface area contributed by atoms with Crippen molar-refractivity contribution in [2.24, 2.45) is 0 Å². The highest BCUT2D eigenvalue weighted by Crippen LogP contribution is 2.33. The number of carbonyl (C=O) groups excluding carboxylic acids is 2. The summed E-state index contributed by atoms with van der Waals surface area (Å²) in [6, 6.07) is 10.9. The van der Waals surface area contributed by atoms with Crippen molar-refractivity contribution in [3.8, 4) is 0 Å². The van der Waals surface area contributed by atoms with Crippen LogP contribution >= 0.6 is 11.6 Å². The van der Waals surface area contributed by atoms with Gasteiger partial charge in [0.1, 0.15) is 6.04 Å². The molecule has 48 heavy (non-hydrogen) atoms. The number of hydrogen-bond acceptors (Lipinski definition) is 8. The first-order chi connectivity index (χ1) is 22.1. The molecule has 0 aliphatic carbocycles. The maximum absolute atomic E-state index is 13.6. The highest BCUT2D eigenvalue weighted by atomic mass is 35.5. The van der Waals surface area contributed by atoms with Gasteiger partial charge < -0.3 is 30.2 Å². The minimum absolute atomic E-state index is 0. The Morgan fingerprint density at radius 2 is 1.77 bits per heavy atom. The lowest BCUT2D eigenvalue weighted by Gasteiger charge is -2.43. The fraction of sp³-hybridized carbons (Fsp3) is 0.424. The average Bonchev–Trinajstić information content (AvgIpc) is 3.35. The van der Waals surface area contributed by atoms with Crippen LogP contribution < -0.4 is 5.32 Å². The molecule has 2 aliphatic heterocycles. The van der Waals surface area contributed by atoms with Crippen molar-refractivity contribution in [3.05, 3.63) is 65.4 Å². The third-order valence-corrected chi connectivity index (χ3v) is 9.21. The number of morpholine rings is 2. The SMILES string of the molecule is C[C@@H]1CN(C(=O)CN2CC(C)(C)OC[C@H]2C(=O)Nc2cc(Cl)cc3c2[nH]c2cnccc23)C[C@H](C)O1.Cc1ccc(S(=O)(=O)O)cc1.O. The van der Waals surface area contributed by atoms with Gasteiger partial charge in [-0.2, -0.15) is 8.42 Å². The van der Waals surface area contributed by atoms with E-state index in [-0.39, 0.29) is 47.5 Å². The van der Waals surface area contributed by atoms with Crippen LogP contribution in [0.25, 0.3) is 21.8 Å². The number of pyridine rings is 1. The number of aromatic amines is 1. The lowest BCUT2D eigenvalue weighted by molar-refractivity contribution is -0.156. The van der Waals surface area contributed by atoms with E-state index in [4.69, 9.17) is 25.6 Å². The molecule has 13 nitrogen and oxygen atoms in total. The Kier molecular flexibility index (Phi) is 11.5. The molecule has 3 atom stereocenters. The van der Waals surface area contributed by atoms with E-state index in [2.05, 4.69) is 15.3 Å². The van der Waals surface area contributed by atoms with Crippen LogP contribution in [0.3, 0.4) is 0 Å². The second-order valence-corrected chi connectivity index (χ2v) is 14.6. The van der Waals surface area contributed by atoms with E-state index in [1.165, 1.54) is 12.1 Å². The van der Waals surface area contributed by atoms with Gasteiger partial charge in [-0.05, 0) is 65.0 Å². The first kappa shape index (κ1) is 37.2. The molecule has 15 heteroatoms. The van der Waals surface area contributed by atoms with Crippen molar-refractivity contribution in [1.29, 1.82) is 0 Å². The van der Waals surface area contributed by atoms with Gasteiger partial charge >= 0.3 is 0 Å². The number of nitrogens with one attached hydrogen (secondary N) is 2. The van der Waals surface area contributed by atoms with Crippen molar-refractivity contribution in [3.63, 3.8) is 0 Å². The maximum Gasteiger partial charge on any atom is 0.294 e. The van der Waals surface area contributed by atoms with Gasteiger partial charge in [0.05, 0.1) is 58.8 Å². The number of H-pyrrole nitrogens is 1. The standard InChI is InChI=1S/C26H32ClN5O4.C7H8O3S.H2O/c1-15-10-31(11-16(2)36-15)23(33)12-32-14-26(3,4)35-13-22(32)25(34)30-20-8-17(27)7-19-18-5-6-28-9-21(18)29-24(19)20;1-6-2-4-7(5-3-6)11(8,9)10;/h5-9,15-16,22,29H,10-14H2,1-4H3,(H,30,34);2-5H,1H3,(H,8,9,10);1H2/t15-,16+,22-;;/m0../s1. The monoisotopic (exact) mass is 703 g/mol. The molecule has 0 saturated carbocycles. The van der Waals surface area contributed by atoms with Crippen LogP contribution in [0.5, 0.6) is 0 Å². The van der Waals surface area contributed by atoms with E-state index in [0.717, 1.165) is 27.4 Å². The lowest BCUT2D eigenvalue weighted by atomic mass is 10.0. The summed E-state index contributed by atoms with van der Waals surface area (Å²) in [4.78, 5) is 38.0. The number of benzene rings is 2. The van der Waals surface area contributed by atoms with Gasteiger partial charge in [0.2, 0.25) is 11.8 Å². The molecule has 5 N–H and O–H groups in total. The third-order valence-electron chi connectivity index (χ3n) is 8.12. The zero-order chi connectivity index (χ0) is 34.1. The highest BCUT2D eigenvalue weighted by molar-refractivity contribution is 7.85. The van der Waals surface area contributed by atoms with Gasteiger partial charge in [0, 0.05) is 41.6 Å². The van der Waals surface area contributed by atoms with E-state index in [1.54, 1.807) is 30.6 Å². The number of ether oxygens (including phenoxy) is 2. The molecular formula is C33H42ClN5O8S. The highest BCUT2D eigenvalue weighted by Gasteiger charge is 2.40. The largest absolute Gasteiger partial charge is 0.412 e. The fourth-order valence-electron chi connectivity index (χ4n) is 5.96. The molecule has 4 aromatic rings. The summed E-state index contributed by atoms with van der Waals surface area (Å²) in [6.07, 6.45) is 3.43. The van der Waals surface area contributed by atoms with Gasteiger partial charge in [0.25, 0.3) is 10.1 Å². The normalized spacial score (nSPS) is 21.2. The van der Waals surface area contributed by atoms with E-state index in [9.17, 15) is 18.0 Å². The quantitative estimate of drug-likeness (QED) is 0.260. The Morgan fingerprint density at radius 3 is 2.42 bits per heavy atom. The van der Waals surface area contributed by atoms with Gasteiger partial charge in [-0.1, -0.05) is 29.3 Å². The van der Waals surface area contributed by atoms with Crippen LogP contribution in [0.15, 0.2) is 59.8 Å². The molecule has 2 aliphatic rings. The second-order valence-electron chi connectivity index (χ2n) is 12.7. The Labute approximate surface area is 284 Å². The number of nitrogens with zero attached hydrogens (tertiary/aromatic N) is 3. The smallest absolute Gasteiger partial charge is 0.294 e. The van der Waals surface area contributed by atoms with Crippen molar-refractivity contribution >= 4 is 61.0 Å². The second kappa shape index (κ2) is 14.9. The molecule has 2 amide bonds. The summed E-state index contributed by atoms with van der Waals surface area (Å²) in [7, 11) is -4.02. The van der Waals surface area contributed by atoms with Crippen molar-refractivity contribution in [1.82, 2.24) is 19.8 Å². The molecular weight excluding hydrogens is 662 g/mol. The number of aromatic nitrogens is 2. The summed E-state index contributed by atoms with van der Waals surface area (Å²) in [5.41, 5.74) is 2.68. The van der Waals surface area contributed by atoms with E-state index < -0.39 is 21.8 Å². The molecule has 6 rings (SSSR count). The number of rotatable bonds is 5. The van der Waals surface area contributed by atoms with Crippen LogP contribution in [-0.2, 0) is 29.2 Å². The van der Waals surface area contributed by atoms with E-state index in [1.807, 2.05) is 56.6 Å². The Bertz CT molecular complexity index is 1870. The van der Waals surface area contributed by atoms with Crippen LogP contribution in [0, 0.1) is 6.92 Å². The van der Waals surface area contributed by atoms with Crippen LogP contribution in [-0.4, -0.2) is 107 Å². The third kappa shape index (κ3) is 8.88. The number of carbonyl (C=O) groups is 2. The molecule has 2 fully saturated rings. The summed E-state index contributed by atoms with van der Waals surface area (Å²) in [5.74, 6) is -0.261. The topological polar surface area (TPSA) is 186 Å². The van der Waals surface area contributed by atoms with Gasteiger partial charge in [-0.25, -0.2) is 0 Å². The number of hydrogen-bond donors (Lipinski definition) is 3. The van der Waals surface area contributed by atoms with Crippen LogP contribution in [0.4, 0.5) is 5.69 Å². The number of halogens is 1. The Hall–Kier alpha value is -3.63. The van der Waals surface area contributed by atoms with Gasteiger partial charge in [-0.3, -0.25) is 24.0 Å². The molecule has 2 aromatic heterocycles. The lowest BCUT2D eigenvalue weighted by Crippen LogP contribution is -2.61. The summed E-state index contributed by atoms with van der Waals surface area (Å²) >= 11 is 6.42. The predicted molar refractivity (Wildman–Crippen MR) is 184 cm³/mol. The summed E-state index contributed by atoms with van der Waals surface area (Å²) in [5, 5.41) is 5.43. The molecule has 0 spiro atoms. The van der Waals surface area contributed by atoms with Crippen LogP contribution in [0.1, 0.15) is 33.3 Å². The van der Waals surface area contributed by atoms with Crippen molar-refractivity contribution in [2.75, 3.05) is 38.1 Å².